The van der Waals surface area contributed by atoms with Gasteiger partial charge in [0.05, 0.1) is 5.56 Å². The first-order valence-electron chi connectivity index (χ1n) is 17.8. The van der Waals surface area contributed by atoms with Gasteiger partial charge in [0, 0.05) is 67.8 Å². The fourth-order valence-electron chi connectivity index (χ4n) is 8.24. The first-order valence-corrected chi connectivity index (χ1v) is 18.6. The molecule has 0 unspecified atom stereocenters. The third-order valence-electron chi connectivity index (χ3n) is 11.2. The highest BCUT2D eigenvalue weighted by molar-refractivity contribution is 7.19. The van der Waals surface area contributed by atoms with Crippen LogP contribution in [0.3, 0.4) is 0 Å². The van der Waals surface area contributed by atoms with E-state index in [-0.39, 0.29) is 10.8 Å². The summed E-state index contributed by atoms with van der Waals surface area (Å²) in [6.45, 7) is 14.1. The quantitative estimate of drug-likeness (QED) is 0.101. The maximum atomic E-state index is 14.1. The number of nitrogens with zero attached hydrogens (tertiary/aromatic N) is 3. The highest BCUT2D eigenvalue weighted by Crippen LogP contribution is 2.52. The molecule has 2 aliphatic rings. The van der Waals surface area contributed by atoms with Crippen molar-refractivity contribution in [3.8, 4) is 27.0 Å². The second-order valence-electron chi connectivity index (χ2n) is 15.4. The number of aliphatic carboxylic acids is 1. The van der Waals surface area contributed by atoms with Gasteiger partial charge in [-0.25, -0.2) is 9.59 Å². The fourth-order valence-corrected chi connectivity index (χ4v) is 9.37. The number of para-hydroxylation sites is 1. The first-order chi connectivity index (χ1) is 24.4. The van der Waals surface area contributed by atoms with Crippen LogP contribution in [0.1, 0.15) is 77.0 Å². The summed E-state index contributed by atoms with van der Waals surface area (Å²) in [5.41, 5.74) is 7.23. The van der Waals surface area contributed by atoms with E-state index in [1.165, 1.54) is 39.6 Å². The molecular formula is C43H41N3O4S. The summed E-state index contributed by atoms with van der Waals surface area (Å²) in [5, 5.41) is 22.7. The van der Waals surface area contributed by atoms with Gasteiger partial charge in [0.15, 0.2) is 0 Å². The molecule has 258 valence electrons. The van der Waals surface area contributed by atoms with Crippen LogP contribution in [-0.2, 0) is 22.2 Å². The standard InChI is InChI=1S/C43H41N3O4S/c1-6-7-16-46-33-11-9-8-10-29(33)30-20-25(12-13-34(30)46)35-23-27(19-28(24-44)40(47)48)39(51-35)31-21-26-22-32-37-36(38(26)50-41(31)49)43(4,5)15-18-45(37)17-14-42(32,2)3/h8-13,19-23H,6-7,14-18H2,1-5H3,(H,47,48)/b28-19-. The molecule has 51 heavy (non-hydrogen) atoms. The van der Waals surface area contributed by atoms with Crippen LogP contribution in [0.4, 0.5) is 5.69 Å². The Kier molecular flexibility index (Phi) is 7.77. The van der Waals surface area contributed by atoms with E-state index in [2.05, 4.69) is 92.6 Å². The average molecular weight is 696 g/mol. The molecule has 0 atom stereocenters. The molecule has 7 nitrogen and oxygen atoms in total. The number of thiophene rings is 1. The zero-order valence-electron chi connectivity index (χ0n) is 29.7. The molecule has 0 radical (unpaired) electrons. The van der Waals surface area contributed by atoms with Crippen molar-refractivity contribution in [3.05, 3.63) is 93.3 Å². The Morgan fingerprint density at radius 2 is 1.75 bits per heavy atom. The molecule has 2 aliphatic heterocycles. The number of hydrogen-bond acceptors (Lipinski definition) is 6. The van der Waals surface area contributed by atoms with Gasteiger partial charge in [0.25, 0.3) is 0 Å². The van der Waals surface area contributed by atoms with Crippen LogP contribution in [0.5, 0.6) is 0 Å². The van der Waals surface area contributed by atoms with E-state index in [4.69, 9.17) is 4.42 Å². The van der Waals surface area contributed by atoms with Gasteiger partial charge in [-0.3, -0.25) is 0 Å². The number of anilines is 1. The van der Waals surface area contributed by atoms with Crippen molar-refractivity contribution in [3.63, 3.8) is 0 Å². The number of aryl methyl sites for hydroxylation is 1. The second kappa shape index (κ2) is 12.0. The Morgan fingerprint density at radius 1 is 1.00 bits per heavy atom. The monoisotopic (exact) mass is 695 g/mol. The molecule has 1 N–H and O–H groups in total. The molecule has 8 rings (SSSR count). The molecule has 0 bridgehead atoms. The minimum absolute atomic E-state index is 0.0516. The van der Waals surface area contributed by atoms with E-state index in [1.807, 2.05) is 18.2 Å². The van der Waals surface area contributed by atoms with Gasteiger partial charge in [-0.2, -0.15) is 5.26 Å². The summed E-state index contributed by atoms with van der Waals surface area (Å²) < 4.78 is 8.71. The molecule has 8 heteroatoms. The van der Waals surface area contributed by atoms with Crippen LogP contribution < -0.4 is 10.5 Å². The number of carbonyl (C=O) groups is 1. The van der Waals surface area contributed by atoms with E-state index in [0.717, 1.165) is 77.6 Å². The number of hydrogen-bond donors (Lipinski definition) is 1. The van der Waals surface area contributed by atoms with Crippen LogP contribution in [-0.4, -0.2) is 28.7 Å². The largest absolute Gasteiger partial charge is 0.477 e. The number of benzene rings is 3. The summed E-state index contributed by atoms with van der Waals surface area (Å²) in [6.07, 6.45) is 5.54. The summed E-state index contributed by atoms with van der Waals surface area (Å²) in [6, 6.07) is 22.7. The molecule has 3 aromatic carbocycles. The molecule has 6 aromatic rings. The lowest BCUT2D eigenvalue weighted by atomic mass is 9.69. The van der Waals surface area contributed by atoms with Crippen LogP contribution in [0.25, 0.3) is 59.7 Å². The predicted octanol–water partition coefficient (Wildman–Crippen LogP) is 10.3. The smallest absolute Gasteiger partial charge is 0.346 e. The van der Waals surface area contributed by atoms with E-state index in [9.17, 15) is 20.0 Å². The molecule has 3 aromatic heterocycles. The van der Waals surface area contributed by atoms with Crippen LogP contribution in [0, 0.1) is 11.3 Å². The van der Waals surface area contributed by atoms with Gasteiger partial charge in [-0.1, -0.05) is 65.3 Å². The minimum atomic E-state index is -1.32. The van der Waals surface area contributed by atoms with E-state index < -0.39 is 17.2 Å². The first kappa shape index (κ1) is 33.0. The third kappa shape index (κ3) is 5.29. The maximum Gasteiger partial charge on any atom is 0.346 e. The Labute approximate surface area is 301 Å². The third-order valence-corrected chi connectivity index (χ3v) is 12.4. The zero-order valence-corrected chi connectivity index (χ0v) is 30.5. The van der Waals surface area contributed by atoms with Crippen molar-refractivity contribution in [1.82, 2.24) is 4.57 Å². The molecule has 0 saturated carbocycles. The van der Waals surface area contributed by atoms with E-state index in [1.54, 1.807) is 0 Å². The molecule has 0 spiro atoms. The molecular weight excluding hydrogens is 655 g/mol. The second-order valence-corrected chi connectivity index (χ2v) is 16.4. The zero-order chi connectivity index (χ0) is 35.8. The fraction of sp³-hybridized carbons (Fsp3) is 0.326. The van der Waals surface area contributed by atoms with Crippen molar-refractivity contribution in [1.29, 1.82) is 5.26 Å². The SMILES string of the molecule is CCCCn1c2ccccc2c2cc(-c3cc(/C=C(/C#N)C(=O)O)c(-c4cc5cc6c7c(c5oc4=O)C(C)(C)CCN7CCC6(C)C)s3)ccc21. The summed E-state index contributed by atoms with van der Waals surface area (Å²) in [5.74, 6) is -1.32. The number of carboxylic acid groups (broad SMARTS) is 1. The Bertz CT molecular complexity index is 2550. The van der Waals surface area contributed by atoms with Crippen LogP contribution in [0.15, 0.2) is 75.4 Å². The Hall–Kier alpha value is -5.13. The van der Waals surface area contributed by atoms with Gasteiger partial charge < -0.3 is 19.0 Å². The predicted molar refractivity (Wildman–Crippen MR) is 208 cm³/mol. The maximum absolute atomic E-state index is 14.1. The number of fused-ring (bicyclic) bond motifs is 5. The van der Waals surface area contributed by atoms with Crippen molar-refractivity contribution >= 4 is 61.8 Å². The van der Waals surface area contributed by atoms with Crippen molar-refractivity contribution < 1.29 is 14.3 Å². The molecule has 5 heterocycles. The Balaban J connectivity index is 1.35. The van der Waals surface area contributed by atoms with Crippen molar-refractivity contribution in [2.45, 2.75) is 77.7 Å². The Morgan fingerprint density at radius 3 is 2.49 bits per heavy atom. The van der Waals surface area contributed by atoms with Gasteiger partial charge in [-0.15, -0.1) is 11.3 Å². The summed E-state index contributed by atoms with van der Waals surface area (Å²) >= 11 is 1.42. The molecule has 0 fully saturated rings. The average Bonchev–Trinajstić information content (AvgIpc) is 3.66. The number of unbranched alkanes of at least 4 members (excludes halogenated alkanes) is 1. The minimum Gasteiger partial charge on any atom is -0.477 e. The summed E-state index contributed by atoms with van der Waals surface area (Å²) in [7, 11) is 0. The van der Waals surface area contributed by atoms with E-state index in [0.29, 0.717) is 21.6 Å². The lowest BCUT2D eigenvalue weighted by molar-refractivity contribution is -0.132. The molecule has 0 amide bonds. The normalized spacial score (nSPS) is 16.5. The number of carboxylic acids is 1. The van der Waals surface area contributed by atoms with Gasteiger partial charge in [-0.05, 0) is 89.3 Å². The number of aromatic nitrogens is 1. The summed E-state index contributed by atoms with van der Waals surface area (Å²) in [4.78, 5) is 30.1. The molecule has 0 saturated heterocycles. The van der Waals surface area contributed by atoms with Gasteiger partial charge >= 0.3 is 11.6 Å². The molecule has 0 aliphatic carbocycles. The number of nitriles is 1. The van der Waals surface area contributed by atoms with Crippen molar-refractivity contribution in [2.24, 2.45) is 0 Å². The number of rotatable bonds is 7. The highest BCUT2D eigenvalue weighted by Gasteiger charge is 2.42. The van der Waals surface area contributed by atoms with Crippen LogP contribution in [0.2, 0.25) is 0 Å². The van der Waals surface area contributed by atoms with Crippen LogP contribution >= 0.6 is 11.3 Å². The highest BCUT2D eigenvalue weighted by atomic mass is 32.1. The topological polar surface area (TPSA) is 99.5 Å². The van der Waals surface area contributed by atoms with E-state index >= 15 is 0 Å². The van der Waals surface area contributed by atoms with Crippen molar-refractivity contribution in [2.75, 3.05) is 18.0 Å². The van der Waals surface area contributed by atoms with Gasteiger partial charge in [0.2, 0.25) is 0 Å². The lowest BCUT2D eigenvalue weighted by Crippen LogP contribution is -2.44. The van der Waals surface area contributed by atoms with Gasteiger partial charge in [0.1, 0.15) is 17.2 Å². The lowest BCUT2D eigenvalue weighted by Gasteiger charge is -2.48.